The molecular weight excluding hydrogens is 320 g/mol. The van der Waals surface area contributed by atoms with Gasteiger partial charge in [0, 0.05) is 11.1 Å². The van der Waals surface area contributed by atoms with Crippen LogP contribution in [0.25, 0.3) is 11.1 Å². The first-order valence-corrected chi connectivity index (χ1v) is 10.1. The lowest BCUT2D eigenvalue weighted by Crippen LogP contribution is -2.16. The lowest BCUT2D eigenvalue weighted by Gasteiger charge is -2.29. The van der Waals surface area contributed by atoms with Gasteiger partial charge in [0.25, 0.3) is 0 Å². The quantitative estimate of drug-likeness (QED) is 0.680. The summed E-state index contributed by atoms with van der Waals surface area (Å²) in [5.74, 6) is 0.789. The topological polar surface area (TPSA) is 40.5 Å². The summed E-state index contributed by atoms with van der Waals surface area (Å²) >= 11 is 0. The molecule has 0 unspecified atom stereocenters. The van der Waals surface area contributed by atoms with Crippen LogP contribution >= 0.6 is 0 Å². The molecule has 2 N–H and O–H groups in total. The van der Waals surface area contributed by atoms with Crippen molar-refractivity contribution in [2.45, 2.75) is 77.6 Å². The van der Waals surface area contributed by atoms with E-state index in [-0.39, 0.29) is 5.41 Å². The van der Waals surface area contributed by atoms with Crippen molar-refractivity contribution in [3.63, 3.8) is 0 Å². The molecular formula is C24H30O2. The Bertz CT molecular complexity index is 856. The predicted octanol–water partition coefficient (Wildman–Crippen LogP) is 5.82. The number of hydrogen-bond donors (Lipinski definition) is 2. The molecule has 2 aliphatic rings. The summed E-state index contributed by atoms with van der Waals surface area (Å²) in [7, 11) is 0. The van der Waals surface area contributed by atoms with Gasteiger partial charge >= 0.3 is 0 Å². The van der Waals surface area contributed by atoms with E-state index in [1.54, 1.807) is 0 Å². The monoisotopic (exact) mass is 350 g/mol. The maximum absolute atomic E-state index is 11.2. The number of aryl methyl sites for hydroxylation is 2. The van der Waals surface area contributed by atoms with Gasteiger partial charge in [-0.2, -0.15) is 0 Å². The molecule has 2 aromatic rings. The lowest BCUT2D eigenvalue weighted by molar-refractivity contribution is 0.452. The molecule has 0 atom stereocenters. The molecule has 0 spiro atoms. The first kappa shape index (κ1) is 17.5. The van der Waals surface area contributed by atoms with E-state index in [0.717, 1.165) is 66.3 Å². The normalized spacial score (nSPS) is 16.9. The Kier molecular flexibility index (Phi) is 4.25. The highest BCUT2D eigenvalue weighted by atomic mass is 16.3. The zero-order valence-corrected chi connectivity index (χ0v) is 16.3. The largest absolute Gasteiger partial charge is 0.507 e. The van der Waals surface area contributed by atoms with Crippen LogP contribution < -0.4 is 0 Å². The van der Waals surface area contributed by atoms with Crippen LogP contribution in [-0.2, 0) is 31.1 Å². The van der Waals surface area contributed by atoms with E-state index in [1.165, 1.54) is 24.0 Å². The van der Waals surface area contributed by atoms with E-state index >= 15 is 0 Å². The van der Waals surface area contributed by atoms with Crippen LogP contribution in [0.15, 0.2) is 18.2 Å². The molecule has 2 nitrogen and oxygen atoms in total. The van der Waals surface area contributed by atoms with Gasteiger partial charge in [0.05, 0.1) is 0 Å². The van der Waals surface area contributed by atoms with Crippen molar-refractivity contribution in [3.05, 3.63) is 46.0 Å². The Labute approximate surface area is 156 Å². The van der Waals surface area contributed by atoms with Gasteiger partial charge in [0.2, 0.25) is 0 Å². The third-order valence-electron chi connectivity index (χ3n) is 6.20. The van der Waals surface area contributed by atoms with Crippen LogP contribution in [-0.4, -0.2) is 10.2 Å². The average molecular weight is 351 g/mol. The molecule has 138 valence electrons. The molecule has 4 rings (SSSR count). The maximum Gasteiger partial charge on any atom is 0.127 e. The fraction of sp³-hybridized carbons (Fsp3) is 0.500. The molecule has 0 radical (unpaired) electrons. The van der Waals surface area contributed by atoms with Crippen LogP contribution in [0.3, 0.4) is 0 Å². The van der Waals surface area contributed by atoms with E-state index < -0.39 is 0 Å². The third-order valence-corrected chi connectivity index (χ3v) is 6.20. The van der Waals surface area contributed by atoms with Crippen molar-refractivity contribution in [2.75, 3.05) is 0 Å². The van der Waals surface area contributed by atoms with Gasteiger partial charge in [-0.1, -0.05) is 39.0 Å². The number of fused-ring (bicyclic) bond motifs is 2. The summed E-state index contributed by atoms with van der Waals surface area (Å²) in [5.41, 5.74) is 7.45. The van der Waals surface area contributed by atoms with Gasteiger partial charge < -0.3 is 10.2 Å². The first-order chi connectivity index (χ1) is 12.4. The van der Waals surface area contributed by atoms with Crippen molar-refractivity contribution >= 4 is 0 Å². The minimum atomic E-state index is -0.0956. The van der Waals surface area contributed by atoms with Gasteiger partial charge in [0.1, 0.15) is 11.5 Å². The van der Waals surface area contributed by atoms with Gasteiger partial charge in [0.15, 0.2) is 0 Å². The number of phenols is 2. The van der Waals surface area contributed by atoms with Gasteiger partial charge in [-0.15, -0.1) is 0 Å². The van der Waals surface area contributed by atoms with Crippen molar-refractivity contribution in [2.24, 2.45) is 0 Å². The zero-order chi connectivity index (χ0) is 18.5. The second kappa shape index (κ2) is 6.33. The molecule has 0 bridgehead atoms. The van der Waals surface area contributed by atoms with Crippen LogP contribution in [0.5, 0.6) is 11.5 Å². The molecule has 2 aliphatic carbocycles. The molecule has 0 aliphatic heterocycles. The van der Waals surface area contributed by atoms with Crippen LogP contribution in [0.1, 0.15) is 74.3 Å². The highest BCUT2D eigenvalue weighted by Crippen LogP contribution is 2.48. The minimum Gasteiger partial charge on any atom is -0.507 e. The van der Waals surface area contributed by atoms with Crippen molar-refractivity contribution in [1.82, 2.24) is 0 Å². The summed E-state index contributed by atoms with van der Waals surface area (Å²) in [6.45, 7) is 6.57. The second-order valence-electron chi connectivity index (χ2n) is 9.05. The maximum atomic E-state index is 11.2. The summed E-state index contributed by atoms with van der Waals surface area (Å²) in [4.78, 5) is 0. The standard InChI is InChI=1S/C24H30O2/c1-24(2,3)20-14-16-9-5-7-11-18(16)23(26)21(20)19-13-12-15-8-4-6-10-17(15)22(19)25/h12-14,25-26H,4-11H2,1-3H3. The van der Waals surface area contributed by atoms with E-state index in [0.29, 0.717) is 11.5 Å². The van der Waals surface area contributed by atoms with E-state index in [2.05, 4.69) is 32.9 Å². The van der Waals surface area contributed by atoms with E-state index in [1.807, 2.05) is 6.07 Å². The molecule has 2 aromatic carbocycles. The van der Waals surface area contributed by atoms with E-state index in [9.17, 15) is 10.2 Å². The van der Waals surface area contributed by atoms with E-state index in [4.69, 9.17) is 0 Å². The zero-order valence-electron chi connectivity index (χ0n) is 16.3. The van der Waals surface area contributed by atoms with Crippen molar-refractivity contribution in [3.8, 4) is 22.6 Å². The molecule has 26 heavy (non-hydrogen) atoms. The first-order valence-electron chi connectivity index (χ1n) is 10.1. The fourth-order valence-electron chi connectivity index (χ4n) is 4.76. The Morgan fingerprint density at radius 3 is 1.96 bits per heavy atom. The molecule has 2 heteroatoms. The van der Waals surface area contributed by atoms with Crippen LogP contribution in [0.4, 0.5) is 0 Å². The summed E-state index contributed by atoms with van der Waals surface area (Å²) in [6.07, 6.45) is 8.61. The van der Waals surface area contributed by atoms with Gasteiger partial charge in [-0.25, -0.2) is 0 Å². The number of phenolic OH excluding ortho intramolecular Hbond substituents is 2. The Hall–Kier alpha value is -1.96. The Balaban J connectivity index is 1.99. The van der Waals surface area contributed by atoms with Gasteiger partial charge in [-0.3, -0.25) is 0 Å². The fourth-order valence-corrected chi connectivity index (χ4v) is 4.76. The van der Waals surface area contributed by atoms with Crippen LogP contribution in [0, 0.1) is 0 Å². The highest BCUT2D eigenvalue weighted by Gasteiger charge is 2.29. The van der Waals surface area contributed by atoms with Crippen molar-refractivity contribution in [1.29, 1.82) is 0 Å². The molecule has 0 saturated carbocycles. The molecule has 0 amide bonds. The number of rotatable bonds is 1. The Morgan fingerprint density at radius 1 is 0.731 bits per heavy atom. The summed E-state index contributed by atoms with van der Waals surface area (Å²) in [6, 6.07) is 6.48. The van der Waals surface area contributed by atoms with Gasteiger partial charge in [-0.05, 0) is 84.6 Å². The second-order valence-corrected chi connectivity index (χ2v) is 9.05. The number of hydrogen-bond acceptors (Lipinski definition) is 2. The van der Waals surface area contributed by atoms with Crippen LogP contribution in [0.2, 0.25) is 0 Å². The summed E-state index contributed by atoms with van der Waals surface area (Å²) < 4.78 is 0. The number of benzene rings is 2. The molecule has 0 aromatic heterocycles. The average Bonchev–Trinajstić information content (AvgIpc) is 2.62. The van der Waals surface area contributed by atoms with Crippen molar-refractivity contribution < 1.29 is 10.2 Å². The molecule has 0 heterocycles. The smallest absolute Gasteiger partial charge is 0.127 e. The highest BCUT2D eigenvalue weighted by molar-refractivity contribution is 5.83. The SMILES string of the molecule is CC(C)(C)c1cc2c(c(O)c1-c1ccc3c(c1O)CCCC3)CCCC2. The third kappa shape index (κ3) is 2.80. The predicted molar refractivity (Wildman–Crippen MR) is 107 cm³/mol. The summed E-state index contributed by atoms with van der Waals surface area (Å²) in [5, 5.41) is 22.3. The molecule has 0 saturated heterocycles. The number of aromatic hydroxyl groups is 2. The Morgan fingerprint density at radius 2 is 1.31 bits per heavy atom. The minimum absolute atomic E-state index is 0.0956. The molecule has 0 fully saturated rings. The lowest BCUT2D eigenvalue weighted by atomic mass is 9.76.